The second kappa shape index (κ2) is 9.96. The summed E-state index contributed by atoms with van der Waals surface area (Å²) in [6, 6.07) is 16.2. The van der Waals surface area contributed by atoms with Crippen LogP contribution in [-0.2, 0) is 9.53 Å². The van der Waals surface area contributed by atoms with E-state index in [1.807, 2.05) is 24.3 Å². The summed E-state index contributed by atoms with van der Waals surface area (Å²) in [5.41, 5.74) is 4.73. The lowest BCUT2D eigenvalue weighted by molar-refractivity contribution is -0.137. The molecule has 1 heterocycles. The van der Waals surface area contributed by atoms with Crippen LogP contribution >= 0.6 is 0 Å². The van der Waals surface area contributed by atoms with Crippen LogP contribution in [0.4, 0.5) is 4.79 Å². The molecule has 0 aromatic heterocycles. The minimum absolute atomic E-state index is 0.0118. The summed E-state index contributed by atoms with van der Waals surface area (Å²) in [6.45, 7) is 2.92. The molecule has 6 heteroatoms. The van der Waals surface area contributed by atoms with Crippen molar-refractivity contribution in [3.8, 4) is 11.1 Å². The van der Waals surface area contributed by atoms with Gasteiger partial charge in [0.25, 0.3) is 0 Å². The maximum Gasteiger partial charge on any atom is 0.407 e. The molecule has 2 aromatic carbocycles. The predicted molar refractivity (Wildman–Crippen MR) is 119 cm³/mol. The van der Waals surface area contributed by atoms with E-state index < -0.39 is 12.1 Å². The summed E-state index contributed by atoms with van der Waals surface area (Å²) in [7, 11) is 0. The van der Waals surface area contributed by atoms with Gasteiger partial charge in [0.2, 0.25) is 0 Å². The van der Waals surface area contributed by atoms with Gasteiger partial charge in [0.05, 0.1) is 0 Å². The van der Waals surface area contributed by atoms with Gasteiger partial charge in [0.1, 0.15) is 6.61 Å². The Morgan fingerprint density at radius 3 is 2.23 bits per heavy atom. The highest BCUT2D eigenvalue weighted by Crippen LogP contribution is 2.44. The minimum Gasteiger partial charge on any atom is -0.481 e. The van der Waals surface area contributed by atoms with Crippen molar-refractivity contribution < 1.29 is 19.4 Å². The van der Waals surface area contributed by atoms with Crippen molar-refractivity contribution in [1.29, 1.82) is 0 Å². The fourth-order valence-corrected chi connectivity index (χ4v) is 4.77. The molecule has 0 bridgehead atoms. The fraction of sp³-hybridized carbons (Fsp3) is 0.440. The topological polar surface area (TPSA) is 78.9 Å². The number of fused-ring (bicyclic) bond motifs is 3. The van der Waals surface area contributed by atoms with E-state index in [2.05, 4.69) is 34.5 Å². The highest BCUT2D eigenvalue weighted by atomic mass is 16.5. The van der Waals surface area contributed by atoms with E-state index in [4.69, 9.17) is 9.84 Å². The van der Waals surface area contributed by atoms with Gasteiger partial charge in [-0.25, -0.2) is 4.79 Å². The number of carboxylic acid groups (broad SMARTS) is 1. The lowest BCUT2D eigenvalue weighted by Crippen LogP contribution is -2.45. The summed E-state index contributed by atoms with van der Waals surface area (Å²) in [5, 5.41) is 12.0. The largest absolute Gasteiger partial charge is 0.481 e. The number of carbonyl (C=O) groups excluding carboxylic acids is 1. The standard InChI is InChI=1S/C25H30N2O4/c28-24(29)13-12-18(16-27-14-6-1-7-15-27)26-25(30)31-17-23-21-10-4-2-8-19(21)20-9-3-5-11-22(20)23/h2-5,8-11,18,23H,1,6-7,12-17H2,(H,26,30)(H,28,29)/t18-/m0/s1. The van der Waals surface area contributed by atoms with Gasteiger partial charge in [-0.3, -0.25) is 4.79 Å². The van der Waals surface area contributed by atoms with Crippen molar-refractivity contribution in [2.75, 3.05) is 26.2 Å². The van der Waals surface area contributed by atoms with E-state index in [-0.39, 0.29) is 25.0 Å². The zero-order valence-electron chi connectivity index (χ0n) is 17.8. The summed E-state index contributed by atoms with van der Waals surface area (Å²) in [5.74, 6) is -0.837. The number of carbonyl (C=O) groups is 2. The summed E-state index contributed by atoms with van der Waals surface area (Å²) in [6.07, 6.45) is 3.48. The van der Waals surface area contributed by atoms with Crippen molar-refractivity contribution in [3.05, 3.63) is 59.7 Å². The molecule has 0 radical (unpaired) electrons. The van der Waals surface area contributed by atoms with Gasteiger partial charge in [-0.15, -0.1) is 0 Å². The van der Waals surface area contributed by atoms with Crippen LogP contribution in [0.15, 0.2) is 48.5 Å². The highest BCUT2D eigenvalue weighted by Gasteiger charge is 2.29. The van der Waals surface area contributed by atoms with Crippen LogP contribution in [0.25, 0.3) is 11.1 Å². The van der Waals surface area contributed by atoms with Crippen molar-refractivity contribution in [3.63, 3.8) is 0 Å². The van der Waals surface area contributed by atoms with Crippen LogP contribution in [0, 0.1) is 0 Å². The number of carboxylic acids is 1. The van der Waals surface area contributed by atoms with Gasteiger partial charge in [0.15, 0.2) is 0 Å². The number of hydrogen-bond donors (Lipinski definition) is 2. The molecule has 6 nitrogen and oxygen atoms in total. The van der Waals surface area contributed by atoms with Gasteiger partial charge in [-0.1, -0.05) is 55.0 Å². The first kappa shape index (κ1) is 21.4. The lowest BCUT2D eigenvalue weighted by atomic mass is 9.98. The van der Waals surface area contributed by atoms with E-state index in [1.165, 1.54) is 28.7 Å². The molecule has 1 saturated heterocycles. The maximum absolute atomic E-state index is 12.6. The fourth-order valence-electron chi connectivity index (χ4n) is 4.77. The van der Waals surface area contributed by atoms with Gasteiger partial charge in [-0.2, -0.15) is 0 Å². The molecule has 1 aliphatic heterocycles. The average molecular weight is 423 g/mol. The van der Waals surface area contributed by atoms with Crippen molar-refractivity contribution >= 4 is 12.1 Å². The van der Waals surface area contributed by atoms with Crippen LogP contribution in [0.1, 0.15) is 49.1 Å². The zero-order valence-corrected chi connectivity index (χ0v) is 17.8. The van der Waals surface area contributed by atoms with Crippen LogP contribution in [0.2, 0.25) is 0 Å². The first-order chi connectivity index (χ1) is 15.1. The molecule has 164 valence electrons. The van der Waals surface area contributed by atoms with E-state index in [0.29, 0.717) is 13.0 Å². The number of benzene rings is 2. The Balaban J connectivity index is 1.38. The summed E-state index contributed by atoms with van der Waals surface area (Å²) < 4.78 is 5.65. The molecule has 1 amide bonds. The quantitative estimate of drug-likeness (QED) is 0.665. The number of piperidine rings is 1. The highest BCUT2D eigenvalue weighted by molar-refractivity contribution is 5.79. The molecular formula is C25H30N2O4. The Morgan fingerprint density at radius 1 is 1.00 bits per heavy atom. The molecule has 0 saturated carbocycles. The van der Waals surface area contributed by atoms with Crippen LogP contribution in [-0.4, -0.2) is 54.4 Å². The number of hydrogen-bond acceptors (Lipinski definition) is 4. The smallest absolute Gasteiger partial charge is 0.407 e. The number of nitrogens with zero attached hydrogens (tertiary/aromatic N) is 1. The van der Waals surface area contributed by atoms with Gasteiger partial charge in [-0.05, 0) is 54.6 Å². The molecule has 31 heavy (non-hydrogen) atoms. The van der Waals surface area contributed by atoms with Crippen LogP contribution in [0.5, 0.6) is 0 Å². The number of aliphatic carboxylic acids is 1. The van der Waals surface area contributed by atoms with Crippen LogP contribution < -0.4 is 5.32 Å². The molecule has 2 aliphatic rings. The molecule has 1 aliphatic carbocycles. The number of nitrogens with one attached hydrogen (secondary N) is 1. The van der Waals surface area contributed by atoms with Crippen molar-refractivity contribution in [2.24, 2.45) is 0 Å². The molecule has 0 unspecified atom stereocenters. The van der Waals surface area contributed by atoms with Gasteiger partial charge < -0.3 is 20.1 Å². The third kappa shape index (κ3) is 5.25. The number of amides is 1. The SMILES string of the molecule is O=C(O)CC[C@@H](CN1CCCCC1)NC(=O)OCC1c2ccccc2-c2ccccc21. The molecule has 4 rings (SSSR count). The molecule has 1 atom stereocenters. The van der Waals surface area contributed by atoms with E-state index >= 15 is 0 Å². The van der Waals surface area contributed by atoms with Crippen molar-refractivity contribution in [2.45, 2.75) is 44.1 Å². The normalized spacial score (nSPS) is 16.9. The maximum atomic E-state index is 12.6. The Morgan fingerprint density at radius 2 is 1.61 bits per heavy atom. The number of likely N-dealkylation sites (tertiary alicyclic amines) is 1. The second-order valence-electron chi connectivity index (χ2n) is 8.46. The Bertz CT molecular complexity index is 878. The Hall–Kier alpha value is -2.86. The first-order valence-electron chi connectivity index (χ1n) is 11.2. The molecule has 0 spiro atoms. The first-order valence-corrected chi connectivity index (χ1v) is 11.2. The Labute approximate surface area is 183 Å². The van der Waals surface area contributed by atoms with E-state index in [9.17, 15) is 9.59 Å². The number of rotatable bonds is 8. The molecule has 2 N–H and O–H groups in total. The molecule has 2 aromatic rings. The van der Waals surface area contributed by atoms with Crippen LogP contribution in [0.3, 0.4) is 0 Å². The van der Waals surface area contributed by atoms with Gasteiger partial charge >= 0.3 is 12.1 Å². The lowest BCUT2D eigenvalue weighted by Gasteiger charge is -2.30. The molecule has 1 fully saturated rings. The number of ether oxygens (including phenoxy) is 1. The molecular weight excluding hydrogens is 392 g/mol. The second-order valence-corrected chi connectivity index (χ2v) is 8.46. The zero-order chi connectivity index (χ0) is 21.6. The monoisotopic (exact) mass is 422 g/mol. The average Bonchev–Trinajstić information content (AvgIpc) is 3.10. The van der Waals surface area contributed by atoms with E-state index in [1.54, 1.807) is 0 Å². The summed E-state index contributed by atoms with van der Waals surface area (Å²) >= 11 is 0. The van der Waals surface area contributed by atoms with Crippen molar-refractivity contribution in [1.82, 2.24) is 10.2 Å². The summed E-state index contributed by atoms with van der Waals surface area (Å²) in [4.78, 5) is 26.0. The minimum atomic E-state index is -0.849. The number of alkyl carbamates (subject to hydrolysis) is 1. The third-order valence-electron chi connectivity index (χ3n) is 6.30. The van der Waals surface area contributed by atoms with Gasteiger partial charge in [0, 0.05) is 24.9 Å². The predicted octanol–water partition coefficient (Wildman–Crippen LogP) is 4.24. The Kier molecular flexibility index (Phi) is 6.87. The van der Waals surface area contributed by atoms with E-state index in [0.717, 1.165) is 25.9 Å². The third-order valence-corrected chi connectivity index (χ3v) is 6.30.